The number of likely N-dealkylation sites (tertiary alicyclic amines) is 1. The van der Waals surface area contributed by atoms with Gasteiger partial charge in [-0.1, -0.05) is 12.1 Å². The van der Waals surface area contributed by atoms with E-state index >= 15 is 0 Å². The second-order valence-electron chi connectivity index (χ2n) is 9.12. The summed E-state index contributed by atoms with van der Waals surface area (Å²) in [4.78, 5) is 41.1. The van der Waals surface area contributed by atoms with Crippen LogP contribution in [0.3, 0.4) is 0 Å². The molecule has 2 aliphatic heterocycles. The summed E-state index contributed by atoms with van der Waals surface area (Å²) in [6.07, 6.45) is 1.42. The number of hydrogen-bond donors (Lipinski definition) is 1. The number of morpholine rings is 1. The van der Waals surface area contributed by atoms with Crippen LogP contribution in [0.1, 0.15) is 39.2 Å². The molecule has 3 amide bonds. The van der Waals surface area contributed by atoms with Crippen molar-refractivity contribution in [1.29, 1.82) is 0 Å². The van der Waals surface area contributed by atoms with E-state index in [4.69, 9.17) is 9.47 Å². The molecular weight excluding hydrogens is 398 g/mol. The number of hydrogen-bond acceptors (Lipinski definition) is 5. The fourth-order valence-corrected chi connectivity index (χ4v) is 3.86. The molecule has 0 bridgehead atoms. The Kier molecular flexibility index (Phi) is 7.54. The predicted molar refractivity (Wildman–Crippen MR) is 117 cm³/mol. The van der Waals surface area contributed by atoms with E-state index in [1.165, 1.54) is 0 Å². The molecule has 0 radical (unpaired) electrons. The average molecular weight is 432 g/mol. The van der Waals surface area contributed by atoms with Crippen LogP contribution in [0.15, 0.2) is 24.3 Å². The van der Waals surface area contributed by atoms with Crippen LogP contribution in [0.4, 0.5) is 10.5 Å². The summed E-state index contributed by atoms with van der Waals surface area (Å²) in [5, 5.41) is 2.68. The minimum Gasteiger partial charge on any atom is -0.444 e. The van der Waals surface area contributed by atoms with Gasteiger partial charge in [-0.15, -0.1) is 0 Å². The molecular formula is C23H33N3O5. The lowest BCUT2D eigenvalue weighted by Crippen LogP contribution is -2.49. The molecule has 1 aromatic rings. The number of benzene rings is 1. The highest BCUT2D eigenvalue weighted by atomic mass is 16.6. The molecule has 0 spiro atoms. The number of amides is 3. The van der Waals surface area contributed by atoms with Gasteiger partial charge in [0.25, 0.3) is 0 Å². The van der Waals surface area contributed by atoms with Gasteiger partial charge in [0.05, 0.1) is 25.6 Å². The van der Waals surface area contributed by atoms with E-state index in [1.807, 2.05) is 17.0 Å². The van der Waals surface area contributed by atoms with Gasteiger partial charge in [-0.2, -0.15) is 0 Å². The van der Waals surface area contributed by atoms with Crippen molar-refractivity contribution in [2.24, 2.45) is 5.92 Å². The lowest BCUT2D eigenvalue weighted by molar-refractivity contribution is -0.143. The van der Waals surface area contributed by atoms with Crippen LogP contribution in [-0.2, 0) is 25.5 Å². The number of rotatable bonds is 4. The van der Waals surface area contributed by atoms with Crippen LogP contribution in [-0.4, -0.2) is 72.7 Å². The topological polar surface area (TPSA) is 88.2 Å². The second-order valence-corrected chi connectivity index (χ2v) is 9.12. The largest absolute Gasteiger partial charge is 0.444 e. The van der Waals surface area contributed by atoms with Gasteiger partial charge < -0.3 is 19.3 Å². The lowest BCUT2D eigenvalue weighted by atomic mass is 9.95. The molecule has 31 heavy (non-hydrogen) atoms. The van der Waals surface area contributed by atoms with Crippen LogP contribution >= 0.6 is 0 Å². The maximum absolute atomic E-state index is 12.8. The fraction of sp³-hybridized carbons (Fsp3) is 0.609. The Balaban J connectivity index is 1.51. The number of carbonyl (C=O) groups is 3. The standard InChI is InChI=1S/C23H33N3O5/c1-23(2,3)31-22(29)24-19-8-6-17(7-9-19)15-20(27)26-10-4-5-18(16-26)21(28)25-11-13-30-14-12-25/h6-9,18H,4-5,10-16H2,1-3H3,(H,24,29). The number of nitrogens with one attached hydrogen (secondary N) is 1. The number of anilines is 1. The Labute approximate surface area is 183 Å². The molecule has 1 N–H and O–H groups in total. The predicted octanol–water partition coefficient (Wildman–Crippen LogP) is 2.67. The molecule has 1 atom stereocenters. The summed E-state index contributed by atoms with van der Waals surface area (Å²) in [6, 6.07) is 7.16. The van der Waals surface area contributed by atoms with E-state index in [2.05, 4.69) is 5.32 Å². The molecule has 2 aliphatic rings. The highest BCUT2D eigenvalue weighted by molar-refractivity contribution is 5.85. The molecule has 3 rings (SSSR count). The van der Waals surface area contributed by atoms with Crippen LogP contribution in [0.5, 0.6) is 0 Å². The Hall–Kier alpha value is -2.61. The van der Waals surface area contributed by atoms with Gasteiger partial charge in [-0.3, -0.25) is 14.9 Å². The first-order chi connectivity index (χ1) is 14.7. The van der Waals surface area contributed by atoms with E-state index in [0.29, 0.717) is 45.1 Å². The zero-order chi connectivity index (χ0) is 22.4. The Morgan fingerprint density at radius 2 is 1.74 bits per heavy atom. The number of piperidine rings is 1. The first-order valence-electron chi connectivity index (χ1n) is 10.9. The van der Waals surface area contributed by atoms with Crippen molar-refractivity contribution in [2.45, 2.75) is 45.6 Å². The van der Waals surface area contributed by atoms with Crippen LogP contribution < -0.4 is 5.32 Å². The SMILES string of the molecule is CC(C)(C)OC(=O)Nc1ccc(CC(=O)N2CCCC(C(=O)N3CCOCC3)C2)cc1. The highest BCUT2D eigenvalue weighted by Gasteiger charge is 2.31. The maximum atomic E-state index is 12.8. The normalized spacial score (nSPS) is 19.6. The summed E-state index contributed by atoms with van der Waals surface area (Å²) in [7, 11) is 0. The minimum absolute atomic E-state index is 0.0207. The first-order valence-corrected chi connectivity index (χ1v) is 10.9. The molecule has 1 unspecified atom stereocenters. The van der Waals surface area contributed by atoms with Crippen molar-refractivity contribution in [3.8, 4) is 0 Å². The summed E-state index contributed by atoms with van der Waals surface area (Å²) in [5.41, 5.74) is 0.910. The molecule has 0 aromatic heterocycles. The van der Waals surface area contributed by atoms with Crippen LogP contribution in [0, 0.1) is 5.92 Å². The summed E-state index contributed by atoms with van der Waals surface area (Å²) in [5.74, 6) is 0.0295. The molecule has 2 fully saturated rings. The molecule has 170 valence electrons. The summed E-state index contributed by atoms with van der Waals surface area (Å²) in [6.45, 7) is 9.01. The molecule has 8 heteroatoms. The third-order valence-corrected chi connectivity index (χ3v) is 5.40. The van der Waals surface area contributed by atoms with Crippen molar-refractivity contribution in [3.63, 3.8) is 0 Å². The zero-order valence-corrected chi connectivity index (χ0v) is 18.7. The Bertz CT molecular complexity index is 781. The number of nitrogens with zero attached hydrogens (tertiary/aromatic N) is 2. The van der Waals surface area contributed by atoms with Crippen molar-refractivity contribution in [3.05, 3.63) is 29.8 Å². The van der Waals surface area contributed by atoms with Gasteiger partial charge in [-0.05, 0) is 51.3 Å². The second kappa shape index (κ2) is 10.1. The molecule has 0 aliphatic carbocycles. The van der Waals surface area contributed by atoms with Crippen molar-refractivity contribution < 1.29 is 23.9 Å². The van der Waals surface area contributed by atoms with Gasteiger partial charge in [0.2, 0.25) is 11.8 Å². The first kappa shape index (κ1) is 23.1. The maximum Gasteiger partial charge on any atom is 0.412 e. The Morgan fingerprint density at radius 3 is 2.39 bits per heavy atom. The van der Waals surface area contributed by atoms with Gasteiger partial charge in [-0.25, -0.2) is 4.79 Å². The molecule has 2 saturated heterocycles. The Morgan fingerprint density at radius 1 is 1.06 bits per heavy atom. The zero-order valence-electron chi connectivity index (χ0n) is 18.7. The third kappa shape index (κ3) is 6.95. The number of ether oxygens (including phenoxy) is 2. The van der Waals surface area contributed by atoms with Crippen LogP contribution in [0.2, 0.25) is 0 Å². The van der Waals surface area contributed by atoms with Crippen molar-refractivity contribution in [2.75, 3.05) is 44.7 Å². The van der Waals surface area contributed by atoms with Gasteiger partial charge >= 0.3 is 6.09 Å². The molecule has 1 aromatic carbocycles. The average Bonchev–Trinajstić information content (AvgIpc) is 2.74. The molecule has 0 saturated carbocycles. The lowest BCUT2D eigenvalue weighted by Gasteiger charge is -2.36. The highest BCUT2D eigenvalue weighted by Crippen LogP contribution is 2.21. The van der Waals surface area contributed by atoms with Gasteiger partial charge in [0.15, 0.2) is 0 Å². The minimum atomic E-state index is -0.564. The number of carbonyl (C=O) groups excluding carboxylic acids is 3. The molecule has 2 heterocycles. The van der Waals surface area contributed by atoms with E-state index < -0.39 is 11.7 Å². The van der Waals surface area contributed by atoms with Crippen molar-refractivity contribution >= 4 is 23.6 Å². The summed E-state index contributed by atoms with van der Waals surface area (Å²) < 4.78 is 10.6. The van der Waals surface area contributed by atoms with E-state index in [0.717, 1.165) is 18.4 Å². The van der Waals surface area contributed by atoms with Crippen molar-refractivity contribution in [1.82, 2.24) is 9.80 Å². The van der Waals surface area contributed by atoms with Gasteiger partial charge in [0, 0.05) is 31.9 Å². The monoisotopic (exact) mass is 431 g/mol. The van der Waals surface area contributed by atoms with E-state index in [1.54, 1.807) is 37.8 Å². The molecule has 8 nitrogen and oxygen atoms in total. The fourth-order valence-electron chi connectivity index (χ4n) is 3.86. The van der Waals surface area contributed by atoms with Crippen LogP contribution in [0.25, 0.3) is 0 Å². The quantitative estimate of drug-likeness (QED) is 0.792. The van der Waals surface area contributed by atoms with Gasteiger partial charge in [0.1, 0.15) is 5.60 Å². The van der Waals surface area contributed by atoms with E-state index in [9.17, 15) is 14.4 Å². The third-order valence-electron chi connectivity index (χ3n) is 5.40. The summed E-state index contributed by atoms with van der Waals surface area (Å²) >= 11 is 0. The smallest absolute Gasteiger partial charge is 0.412 e. The van der Waals surface area contributed by atoms with E-state index in [-0.39, 0.29) is 24.2 Å².